The van der Waals surface area contributed by atoms with E-state index in [1.165, 1.54) is 4.90 Å². The van der Waals surface area contributed by atoms with Crippen molar-refractivity contribution in [1.29, 1.82) is 0 Å². The van der Waals surface area contributed by atoms with E-state index < -0.39 is 11.5 Å². The van der Waals surface area contributed by atoms with Crippen LogP contribution in [-0.2, 0) is 9.59 Å². The van der Waals surface area contributed by atoms with Crippen molar-refractivity contribution in [1.82, 2.24) is 5.32 Å². The van der Waals surface area contributed by atoms with Gasteiger partial charge in [0.25, 0.3) is 0 Å². The van der Waals surface area contributed by atoms with Crippen LogP contribution >= 0.6 is 11.8 Å². The molecule has 2 N–H and O–H groups in total. The molecule has 0 fully saturated rings. The molecule has 0 aromatic heterocycles. The fraction of sp³-hybridized carbons (Fsp3) is 0.500. The SMILES string of the molecule is CC(C)(CCC(=O)O)NC(=O)CCCSc1ccccc1. The fourth-order valence-electron chi connectivity index (χ4n) is 1.86. The van der Waals surface area contributed by atoms with Gasteiger partial charge < -0.3 is 10.4 Å². The molecule has 0 heterocycles. The average Bonchev–Trinajstić information content (AvgIpc) is 2.42. The Kier molecular flexibility index (Phi) is 7.29. The minimum atomic E-state index is -0.836. The van der Waals surface area contributed by atoms with E-state index in [4.69, 9.17) is 5.11 Å². The van der Waals surface area contributed by atoms with Crippen molar-refractivity contribution in [2.24, 2.45) is 0 Å². The lowest BCUT2D eigenvalue weighted by Gasteiger charge is -2.25. The number of benzene rings is 1. The van der Waals surface area contributed by atoms with Crippen molar-refractivity contribution >= 4 is 23.6 Å². The summed E-state index contributed by atoms with van der Waals surface area (Å²) in [5.41, 5.74) is -0.470. The molecule has 0 radical (unpaired) electrons. The summed E-state index contributed by atoms with van der Waals surface area (Å²) in [5.74, 6) is 0.0446. The first-order chi connectivity index (χ1) is 9.89. The molecule has 1 aromatic carbocycles. The molecular weight excluding hydrogens is 286 g/mol. The number of nitrogens with one attached hydrogen (secondary N) is 1. The van der Waals surface area contributed by atoms with Gasteiger partial charge in [0.1, 0.15) is 0 Å². The molecule has 0 aliphatic carbocycles. The second-order valence-corrected chi connectivity index (χ2v) is 6.76. The Morgan fingerprint density at radius 1 is 1.19 bits per heavy atom. The summed E-state index contributed by atoms with van der Waals surface area (Å²) in [6.07, 6.45) is 1.78. The van der Waals surface area contributed by atoms with Gasteiger partial charge in [0.05, 0.1) is 0 Å². The maximum atomic E-state index is 11.8. The van der Waals surface area contributed by atoms with Crippen LogP contribution in [0.5, 0.6) is 0 Å². The molecule has 1 rings (SSSR count). The van der Waals surface area contributed by atoms with Gasteiger partial charge in [0, 0.05) is 23.3 Å². The summed E-state index contributed by atoms with van der Waals surface area (Å²) < 4.78 is 0. The highest BCUT2D eigenvalue weighted by molar-refractivity contribution is 7.99. The molecule has 0 spiro atoms. The highest BCUT2D eigenvalue weighted by atomic mass is 32.2. The van der Waals surface area contributed by atoms with E-state index in [2.05, 4.69) is 17.4 Å². The average molecular weight is 309 g/mol. The van der Waals surface area contributed by atoms with Crippen LogP contribution in [-0.4, -0.2) is 28.3 Å². The van der Waals surface area contributed by atoms with E-state index in [9.17, 15) is 9.59 Å². The lowest BCUT2D eigenvalue weighted by molar-refractivity contribution is -0.137. The first-order valence-corrected chi connectivity index (χ1v) is 8.08. The number of aliphatic carboxylic acids is 1. The number of amides is 1. The molecule has 0 unspecified atom stereocenters. The molecule has 1 amide bonds. The quantitative estimate of drug-likeness (QED) is 0.542. The van der Waals surface area contributed by atoms with Crippen LogP contribution in [0.3, 0.4) is 0 Å². The van der Waals surface area contributed by atoms with Gasteiger partial charge in [-0.3, -0.25) is 9.59 Å². The van der Waals surface area contributed by atoms with Gasteiger partial charge in [-0.25, -0.2) is 0 Å². The van der Waals surface area contributed by atoms with E-state index >= 15 is 0 Å². The Balaban J connectivity index is 2.20. The van der Waals surface area contributed by atoms with Gasteiger partial charge in [-0.05, 0) is 44.6 Å². The Morgan fingerprint density at radius 3 is 2.48 bits per heavy atom. The minimum Gasteiger partial charge on any atom is -0.481 e. The van der Waals surface area contributed by atoms with Crippen LogP contribution in [0.4, 0.5) is 0 Å². The van der Waals surface area contributed by atoms with Crippen molar-refractivity contribution in [2.75, 3.05) is 5.75 Å². The van der Waals surface area contributed by atoms with Gasteiger partial charge in [0.15, 0.2) is 0 Å². The van der Waals surface area contributed by atoms with Crippen molar-refractivity contribution < 1.29 is 14.7 Å². The van der Waals surface area contributed by atoms with E-state index in [-0.39, 0.29) is 12.3 Å². The summed E-state index contributed by atoms with van der Waals surface area (Å²) in [7, 11) is 0. The second-order valence-electron chi connectivity index (χ2n) is 5.59. The van der Waals surface area contributed by atoms with E-state index in [0.29, 0.717) is 12.8 Å². The van der Waals surface area contributed by atoms with Crippen LogP contribution in [0.1, 0.15) is 39.5 Å². The first kappa shape index (κ1) is 17.6. The molecular formula is C16H23NO3S. The Labute approximate surface area is 130 Å². The largest absolute Gasteiger partial charge is 0.481 e. The molecule has 0 bridgehead atoms. The van der Waals surface area contributed by atoms with Gasteiger partial charge >= 0.3 is 5.97 Å². The summed E-state index contributed by atoms with van der Waals surface area (Å²) in [4.78, 5) is 23.6. The molecule has 5 heteroatoms. The normalized spacial score (nSPS) is 11.1. The van der Waals surface area contributed by atoms with E-state index in [1.54, 1.807) is 11.8 Å². The van der Waals surface area contributed by atoms with Crippen molar-refractivity contribution in [3.8, 4) is 0 Å². The van der Waals surface area contributed by atoms with Crippen molar-refractivity contribution in [3.63, 3.8) is 0 Å². The lowest BCUT2D eigenvalue weighted by Crippen LogP contribution is -2.43. The highest BCUT2D eigenvalue weighted by Crippen LogP contribution is 2.18. The second kappa shape index (κ2) is 8.72. The third-order valence-corrected chi connectivity index (χ3v) is 4.10. The predicted molar refractivity (Wildman–Crippen MR) is 85.5 cm³/mol. The molecule has 4 nitrogen and oxygen atoms in total. The number of carbonyl (C=O) groups excluding carboxylic acids is 1. The number of carboxylic acid groups (broad SMARTS) is 1. The number of hydrogen-bond donors (Lipinski definition) is 2. The summed E-state index contributed by atoms with van der Waals surface area (Å²) in [6.45, 7) is 3.71. The summed E-state index contributed by atoms with van der Waals surface area (Å²) >= 11 is 1.74. The number of thioether (sulfide) groups is 1. The molecule has 1 aromatic rings. The Morgan fingerprint density at radius 2 is 1.86 bits per heavy atom. The zero-order chi connectivity index (χ0) is 15.7. The standard InChI is InChI=1S/C16H23NO3S/c1-16(2,11-10-15(19)20)17-14(18)9-6-12-21-13-7-4-3-5-8-13/h3-5,7-8H,6,9-12H2,1-2H3,(H,17,18)(H,19,20). The van der Waals surface area contributed by atoms with Crippen LogP contribution in [0, 0.1) is 0 Å². The number of rotatable bonds is 9. The Bertz CT molecular complexity index is 460. The molecule has 21 heavy (non-hydrogen) atoms. The number of carbonyl (C=O) groups is 2. The topological polar surface area (TPSA) is 66.4 Å². The number of hydrogen-bond acceptors (Lipinski definition) is 3. The minimum absolute atomic E-state index is 0.0148. The highest BCUT2D eigenvalue weighted by Gasteiger charge is 2.21. The first-order valence-electron chi connectivity index (χ1n) is 7.10. The molecule has 0 aliphatic rings. The molecule has 0 atom stereocenters. The molecule has 0 saturated carbocycles. The van der Waals surface area contributed by atoms with Crippen LogP contribution in [0.25, 0.3) is 0 Å². The van der Waals surface area contributed by atoms with Gasteiger partial charge in [-0.2, -0.15) is 0 Å². The van der Waals surface area contributed by atoms with E-state index in [0.717, 1.165) is 12.2 Å². The maximum absolute atomic E-state index is 11.8. The summed E-state index contributed by atoms with van der Waals surface area (Å²) in [5, 5.41) is 11.6. The lowest BCUT2D eigenvalue weighted by atomic mass is 9.98. The zero-order valence-corrected chi connectivity index (χ0v) is 13.4. The van der Waals surface area contributed by atoms with Gasteiger partial charge in [-0.15, -0.1) is 11.8 Å². The zero-order valence-electron chi connectivity index (χ0n) is 12.6. The number of carboxylic acids is 1. The predicted octanol–water partition coefficient (Wildman–Crippen LogP) is 3.32. The molecule has 116 valence electrons. The van der Waals surface area contributed by atoms with Crippen LogP contribution in [0.2, 0.25) is 0 Å². The monoisotopic (exact) mass is 309 g/mol. The summed E-state index contributed by atoms with van der Waals surface area (Å²) in [6, 6.07) is 10.1. The van der Waals surface area contributed by atoms with Gasteiger partial charge in [-0.1, -0.05) is 18.2 Å². The van der Waals surface area contributed by atoms with Crippen LogP contribution < -0.4 is 5.32 Å². The third kappa shape index (κ3) is 8.40. The van der Waals surface area contributed by atoms with E-state index in [1.807, 2.05) is 32.0 Å². The van der Waals surface area contributed by atoms with Crippen molar-refractivity contribution in [2.45, 2.75) is 50.0 Å². The Hall–Kier alpha value is -1.49. The fourth-order valence-corrected chi connectivity index (χ4v) is 2.74. The molecule has 0 aliphatic heterocycles. The maximum Gasteiger partial charge on any atom is 0.303 e. The smallest absolute Gasteiger partial charge is 0.303 e. The molecule has 0 saturated heterocycles. The van der Waals surface area contributed by atoms with Crippen LogP contribution in [0.15, 0.2) is 35.2 Å². The third-order valence-electron chi connectivity index (χ3n) is 3.00. The van der Waals surface area contributed by atoms with Gasteiger partial charge in [0.2, 0.25) is 5.91 Å². The van der Waals surface area contributed by atoms with Crippen molar-refractivity contribution in [3.05, 3.63) is 30.3 Å².